The van der Waals surface area contributed by atoms with Gasteiger partial charge in [0.1, 0.15) is 11.8 Å². The summed E-state index contributed by atoms with van der Waals surface area (Å²) >= 11 is 0. The summed E-state index contributed by atoms with van der Waals surface area (Å²) in [6, 6.07) is 0.614. The summed E-state index contributed by atoms with van der Waals surface area (Å²) in [5.41, 5.74) is 0.113. The number of amides is 1. The quantitative estimate of drug-likeness (QED) is 0.801. The topological polar surface area (TPSA) is 92.4 Å². The Balaban J connectivity index is 2.69. The fraction of sp³-hybridized carbons (Fsp3) is 0.583. The second kappa shape index (κ2) is 6.18. The van der Waals surface area contributed by atoms with Crippen LogP contribution in [0.4, 0.5) is 0 Å². The van der Waals surface area contributed by atoms with E-state index in [0.717, 1.165) is 0 Å². The Bertz CT molecular complexity index is 425. The standard InChI is InChI=1S/C12H18N2O4/c1-4-8-6-9(14-18-8)11(15)13-10(12(16)17)5-7(2)3/h6-7,10H,4-5H2,1-3H3,(H,13,15)(H,16,17)/t10-/m1/s1. The lowest BCUT2D eigenvalue weighted by molar-refractivity contribution is -0.139. The van der Waals surface area contributed by atoms with Crippen molar-refractivity contribution in [1.82, 2.24) is 10.5 Å². The van der Waals surface area contributed by atoms with Gasteiger partial charge in [0.15, 0.2) is 5.69 Å². The van der Waals surface area contributed by atoms with Crippen molar-refractivity contribution in [1.29, 1.82) is 0 Å². The molecule has 6 heteroatoms. The largest absolute Gasteiger partial charge is 0.480 e. The van der Waals surface area contributed by atoms with Crippen LogP contribution in [0.1, 0.15) is 43.4 Å². The molecule has 0 aliphatic rings. The number of carbonyl (C=O) groups is 2. The van der Waals surface area contributed by atoms with Crippen molar-refractivity contribution in [2.24, 2.45) is 5.92 Å². The van der Waals surface area contributed by atoms with E-state index in [2.05, 4.69) is 10.5 Å². The average molecular weight is 254 g/mol. The first-order valence-corrected chi connectivity index (χ1v) is 5.93. The fourth-order valence-electron chi connectivity index (χ4n) is 1.51. The molecule has 1 rings (SSSR count). The summed E-state index contributed by atoms with van der Waals surface area (Å²) < 4.78 is 4.90. The van der Waals surface area contributed by atoms with E-state index in [9.17, 15) is 9.59 Å². The monoisotopic (exact) mass is 254 g/mol. The summed E-state index contributed by atoms with van der Waals surface area (Å²) in [4.78, 5) is 22.8. The molecule has 18 heavy (non-hydrogen) atoms. The predicted octanol–water partition coefficient (Wildman–Crippen LogP) is 1.47. The van der Waals surface area contributed by atoms with Crippen LogP contribution in [0.5, 0.6) is 0 Å². The number of hydrogen-bond acceptors (Lipinski definition) is 4. The van der Waals surface area contributed by atoms with Gasteiger partial charge in [0.25, 0.3) is 5.91 Å². The smallest absolute Gasteiger partial charge is 0.326 e. The minimum Gasteiger partial charge on any atom is -0.480 e. The number of carboxylic acid groups (broad SMARTS) is 1. The zero-order valence-electron chi connectivity index (χ0n) is 10.8. The predicted molar refractivity (Wildman–Crippen MR) is 64.2 cm³/mol. The third kappa shape index (κ3) is 3.87. The third-order valence-electron chi connectivity index (χ3n) is 2.45. The van der Waals surface area contributed by atoms with Gasteiger partial charge in [0.05, 0.1) is 0 Å². The Morgan fingerprint density at radius 2 is 2.17 bits per heavy atom. The molecule has 0 saturated carbocycles. The van der Waals surface area contributed by atoms with E-state index >= 15 is 0 Å². The molecule has 1 amide bonds. The SMILES string of the molecule is CCc1cc(C(=O)N[C@H](CC(C)C)C(=O)O)no1. The third-order valence-corrected chi connectivity index (χ3v) is 2.45. The number of nitrogens with one attached hydrogen (secondary N) is 1. The summed E-state index contributed by atoms with van der Waals surface area (Å²) in [6.45, 7) is 5.67. The Morgan fingerprint density at radius 3 is 2.61 bits per heavy atom. The molecule has 0 aliphatic carbocycles. The number of hydrogen-bond donors (Lipinski definition) is 2. The van der Waals surface area contributed by atoms with E-state index in [1.54, 1.807) is 0 Å². The lowest BCUT2D eigenvalue weighted by Gasteiger charge is -2.15. The Morgan fingerprint density at radius 1 is 1.50 bits per heavy atom. The molecule has 0 radical (unpaired) electrons. The molecule has 100 valence electrons. The Labute approximate surface area is 105 Å². The highest BCUT2D eigenvalue weighted by molar-refractivity contribution is 5.94. The van der Waals surface area contributed by atoms with Crippen molar-refractivity contribution < 1.29 is 19.2 Å². The van der Waals surface area contributed by atoms with Crippen LogP contribution in [0.2, 0.25) is 0 Å². The van der Waals surface area contributed by atoms with Crippen LogP contribution < -0.4 is 5.32 Å². The van der Waals surface area contributed by atoms with Crippen LogP contribution in [-0.2, 0) is 11.2 Å². The summed E-state index contributed by atoms with van der Waals surface area (Å²) in [5, 5.41) is 15.0. The number of aromatic nitrogens is 1. The molecule has 0 aromatic carbocycles. The first kappa shape index (κ1) is 14.2. The van der Waals surface area contributed by atoms with Crippen molar-refractivity contribution >= 4 is 11.9 Å². The van der Waals surface area contributed by atoms with E-state index in [1.807, 2.05) is 20.8 Å². The van der Waals surface area contributed by atoms with Crippen LogP contribution in [-0.4, -0.2) is 28.2 Å². The summed E-state index contributed by atoms with van der Waals surface area (Å²) in [6.07, 6.45) is 1.01. The highest BCUT2D eigenvalue weighted by Crippen LogP contribution is 2.08. The highest BCUT2D eigenvalue weighted by atomic mass is 16.5. The molecule has 0 aliphatic heterocycles. The zero-order chi connectivity index (χ0) is 13.7. The van der Waals surface area contributed by atoms with Gasteiger partial charge in [-0.3, -0.25) is 4.79 Å². The molecule has 6 nitrogen and oxygen atoms in total. The average Bonchev–Trinajstić information content (AvgIpc) is 2.75. The van der Waals surface area contributed by atoms with Gasteiger partial charge in [0, 0.05) is 12.5 Å². The Kier molecular flexibility index (Phi) is 4.88. The fourth-order valence-corrected chi connectivity index (χ4v) is 1.51. The van der Waals surface area contributed by atoms with Crippen molar-refractivity contribution in [3.8, 4) is 0 Å². The number of aliphatic carboxylic acids is 1. The first-order valence-electron chi connectivity index (χ1n) is 5.93. The van der Waals surface area contributed by atoms with E-state index in [0.29, 0.717) is 18.6 Å². The lowest BCUT2D eigenvalue weighted by atomic mass is 10.0. The second-order valence-electron chi connectivity index (χ2n) is 4.53. The van der Waals surface area contributed by atoms with Gasteiger partial charge in [0.2, 0.25) is 0 Å². The maximum Gasteiger partial charge on any atom is 0.326 e. The van der Waals surface area contributed by atoms with Gasteiger partial charge in [-0.25, -0.2) is 4.79 Å². The molecule has 0 bridgehead atoms. The van der Waals surface area contributed by atoms with Gasteiger partial charge in [-0.2, -0.15) is 0 Å². The van der Waals surface area contributed by atoms with Gasteiger partial charge >= 0.3 is 5.97 Å². The zero-order valence-corrected chi connectivity index (χ0v) is 10.8. The molecule has 1 heterocycles. The molecule has 0 saturated heterocycles. The maximum atomic E-state index is 11.8. The van der Waals surface area contributed by atoms with Gasteiger partial charge < -0.3 is 14.9 Å². The van der Waals surface area contributed by atoms with Gasteiger partial charge in [-0.05, 0) is 12.3 Å². The van der Waals surface area contributed by atoms with Gasteiger partial charge in [-0.15, -0.1) is 0 Å². The molecule has 0 unspecified atom stereocenters. The highest BCUT2D eigenvalue weighted by Gasteiger charge is 2.23. The maximum absolute atomic E-state index is 11.8. The second-order valence-corrected chi connectivity index (χ2v) is 4.53. The number of carboxylic acids is 1. The molecule has 0 fully saturated rings. The van der Waals surface area contributed by atoms with Crippen molar-refractivity contribution in [3.05, 3.63) is 17.5 Å². The van der Waals surface area contributed by atoms with E-state index in [4.69, 9.17) is 9.63 Å². The van der Waals surface area contributed by atoms with Gasteiger partial charge in [-0.1, -0.05) is 25.9 Å². The molecular weight excluding hydrogens is 236 g/mol. The molecule has 1 aromatic rings. The van der Waals surface area contributed by atoms with Crippen LogP contribution in [0, 0.1) is 5.92 Å². The van der Waals surface area contributed by atoms with Crippen LogP contribution >= 0.6 is 0 Å². The summed E-state index contributed by atoms with van der Waals surface area (Å²) in [7, 11) is 0. The van der Waals surface area contributed by atoms with E-state index in [1.165, 1.54) is 6.07 Å². The molecule has 1 atom stereocenters. The van der Waals surface area contributed by atoms with Crippen LogP contribution in [0.25, 0.3) is 0 Å². The lowest BCUT2D eigenvalue weighted by Crippen LogP contribution is -2.41. The molecular formula is C12H18N2O4. The number of rotatable bonds is 6. The van der Waals surface area contributed by atoms with Crippen LogP contribution in [0.3, 0.4) is 0 Å². The van der Waals surface area contributed by atoms with Crippen molar-refractivity contribution in [2.75, 3.05) is 0 Å². The normalized spacial score (nSPS) is 12.4. The number of aryl methyl sites for hydroxylation is 1. The minimum absolute atomic E-state index is 0.113. The number of carbonyl (C=O) groups excluding carboxylic acids is 1. The molecule has 1 aromatic heterocycles. The minimum atomic E-state index is -1.05. The first-order chi connectivity index (χ1) is 8.43. The summed E-state index contributed by atoms with van der Waals surface area (Å²) in [5.74, 6) is -0.798. The Hall–Kier alpha value is -1.85. The van der Waals surface area contributed by atoms with E-state index < -0.39 is 17.9 Å². The van der Waals surface area contributed by atoms with Crippen LogP contribution in [0.15, 0.2) is 10.6 Å². The number of nitrogens with zero attached hydrogens (tertiary/aromatic N) is 1. The van der Waals surface area contributed by atoms with Crippen molar-refractivity contribution in [2.45, 2.75) is 39.7 Å². The molecule has 0 spiro atoms. The molecule has 2 N–H and O–H groups in total. The van der Waals surface area contributed by atoms with E-state index in [-0.39, 0.29) is 11.6 Å². The van der Waals surface area contributed by atoms with Crippen molar-refractivity contribution in [3.63, 3.8) is 0 Å².